The highest BCUT2D eigenvalue weighted by molar-refractivity contribution is 9.10. The van der Waals surface area contributed by atoms with Crippen LogP contribution in [0.2, 0.25) is 0 Å². The molecule has 0 atom stereocenters. The van der Waals surface area contributed by atoms with Crippen molar-refractivity contribution in [1.82, 2.24) is 4.90 Å². The van der Waals surface area contributed by atoms with Crippen molar-refractivity contribution in [3.8, 4) is 0 Å². The predicted octanol–water partition coefficient (Wildman–Crippen LogP) is 3.40. The predicted molar refractivity (Wildman–Crippen MR) is 61.7 cm³/mol. The van der Waals surface area contributed by atoms with Crippen molar-refractivity contribution >= 4 is 22.0 Å². The van der Waals surface area contributed by atoms with Gasteiger partial charge in [0.25, 0.3) is 0 Å². The van der Waals surface area contributed by atoms with Gasteiger partial charge in [0.1, 0.15) is 0 Å². The lowest BCUT2D eigenvalue weighted by atomic mass is 10.0. The fraction of sp³-hybridized carbons (Fsp3) is 0.333. The lowest BCUT2D eigenvalue weighted by molar-refractivity contribution is 0.356. The maximum absolute atomic E-state index is 3.50. The molecule has 1 aliphatic heterocycles. The second-order valence-electron chi connectivity index (χ2n) is 4.06. The molecule has 1 aliphatic carbocycles. The molecular weight excluding hydrogens is 238 g/mol. The third-order valence-corrected chi connectivity index (χ3v) is 3.42. The Kier molecular flexibility index (Phi) is 1.91. The molecule has 1 fully saturated rings. The molecule has 0 saturated heterocycles. The van der Waals surface area contributed by atoms with Crippen LogP contribution in [0.1, 0.15) is 24.0 Å². The van der Waals surface area contributed by atoms with E-state index in [0.717, 1.165) is 12.6 Å². The average Bonchev–Trinajstić information content (AvgIpc) is 3.00. The number of rotatable bonds is 1. The van der Waals surface area contributed by atoms with Crippen LogP contribution in [-0.2, 0) is 6.54 Å². The second kappa shape index (κ2) is 3.13. The number of nitrogens with zero attached hydrogens (tertiary/aromatic N) is 1. The van der Waals surface area contributed by atoms with Gasteiger partial charge >= 0.3 is 0 Å². The van der Waals surface area contributed by atoms with Gasteiger partial charge in [0.15, 0.2) is 0 Å². The maximum atomic E-state index is 3.50. The van der Waals surface area contributed by atoms with Gasteiger partial charge in [-0.3, -0.25) is 0 Å². The molecule has 1 aromatic rings. The van der Waals surface area contributed by atoms with E-state index in [1.807, 2.05) is 0 Å². The van der Waals surface area contributed by atoms with Crippen LogP contribution in [0.3, 0.4) is 0 Å². The summed E-state index contributed by atoms with van der Waals surface area (Å²) in [5.41, 5.74) is 2.80. The number of hydrogen-bond acceptors (Lipinski definition) is 1. The van der Waals surface area contributed by atoms with Crippen molar-refractivity contribution < 1.29 is 0 Å². The summed E-state index contributed by atoms with van der Waals surface area (Å²) in [5.74, 6) is 0. The van der Waals surface area contributed by atoms with E-state index in [-0.39, 0.29) is 0 Å². The van der Waals surface area contributed by atoms with Crippen molar-refractivity contribution in [2.24, 2.45) is 0 Å². The number of fused-ring (bicyclic) bond motifs is 1. The van der Waals surface area contributed by atoms with Gasteiger partial charge in [-0.05, 0) is 42.2 Å². The van der Waals surface area contributed by atoms with Gasteiger partial charge in [0, 0.05) is 23.3 Å². The SMILES string of the molecule is Brc1ccc2c(c1)C=CN(C1CC1)C2. The van der Waals surface area contributed by atoms with E-state index >= 15 is 0 Å². The number of hydrogen-bond donors (Lipinski definition) is 0. The molecule has 0 radical (unpaired) electrons. The molecule has 0 amide bonds. The van der Waals surface area contributed by atoms with E-state index in [1.165, 1.54) is 28.4 Å². The summed E-state index contributed by atoms with van der Waals surface area (Å²) >= 11 is 3.50. The highest BCUT2D eigenvalue weighted by Crippen LogP contribution is 2.32. The summed E-state index contributed by atoms with van der Waals surface area (Å²) in [7, 11) is 0. The summed E-state index contributed by atoms with van der Waals surface area (Å²) in [4.78, 5) is 2.45. The Labute approximate surface area is 92.5 Å². The molecule has 0 bridgehead atoms. The molecule has 2 heteroatoms. The first-order valence-electron chi connectivity index (χ1n) is 5.05. The molecule has 0 spiro atoms. The Morgan fingerprint density at radius 2 is 2.14 bits per heavy atom. The van der Waals surface area contributed by atoms with Gasteiger partial charge in [0.2, 0.25) is 0 Å². The molecule has 1 heterocycles. The Bertz CT molecular complexity index is 393. The van der Waals surface area contributed by atoms with E-state index in [1.54, 1.807) is 0 Å². The van der Waals surface area contributed by atoms with Gasteiger partial charge in [0.05, 0.1) is 0 Å². The topological polar surface area (TPSA) is 3.24 Å². The van der Waals surface area contributed by atoms with E-state index in [9.17, 15) is 0 Å². The van der Waals surface area contributed by atoms with Gasteiger partial charge in [-0.15, -0.1) is 0 Å². The lowest BCUT2D eigenvalue weighted by Gasteiger charge is -2.25. The summed E-state index contributed by atoms with van der Waals surface area (Å²) in [5, 5.41) is 0. The zero-order valence-corrected chi connectivity index (χ0v) is 9.50. The van der Waals surface area contributed by atoms with Crippen LogP contribution in [0.5, 0.6) is 0 Å². The molecular formula is C12H12BrN. The Morgan fingerprint density at radius 3 is 2.93 bits per heavy atom. The largest absolute Gasteiger partial charge is 0.370 e. The van der Waals surface area contributed by atoms with Gasteiger partial charge in [-0.2, -0.15) is 0 Å². The highest BCUT2D eigenvalue weighted by atomic mass is 79.9. The molecule has 1 saturated carbocycles. The van der Waals surface area contributed by atoms with Crippen molar-refractivity contribution in [2.45, 2.75) is 25.4 Å². The summed E-state index contributed by atoms with van der Waals surface area (Å²) < 4.78 is 1.17. The number of benzene rings is 1. The first-order valence-corrected chi connectivity index (χ1v) is 5.84. The Hall–Kier alpha value is -0.760. The molecule has 3 rings (SSSR count). The van der Waals surface area contributed by atoms with Crippen molar-refractivity contribution in [1.29, 1.82) is 0 Å². The van der Waals surface area contributed by atoms with E-state index in [2.05, 4.69) is 51.3 Å². The fourth-order valence-corrected chi connectivity index (χ4v) is 2.33. The van der Waals surface area contributed by atoms with Gasteiger partial charge in [-0.1, -0.05) is 22.0 Å². The average molecular weight is 250 g/mol. The first-order chi connectivity index (χ1) is 6.83. The van der Waals surface area contributed by atoms with Crippen LogP contribution in [0, 0.1) is 0 Å². The van der Waals surface area contributed by atoms with Crippen LogP contribution in [0.25, 0.3) is 6.08 Å². The maximum Gasteiger partial charge on any atom is 0.0433 e. The monoisotopic (exact) mass is 249 g/mol. The quantitative estimate of drug-likeness (QED) is 0.738. The van der Waals surface area contributed by atoms with E-state index in [0.29, 0.717) is 0 Å². The third kappa shape index (κ3) is 1.48. The minimum absolute atomic E-state index is 0.822. The molecule has 2 aliphatic rings. The fourth-order valence-electron chi connectivity index (χ4n) is 1.95. The summed E-state index contributed by atoms with van der Waals surface area (Å²) in [6.45, 7) is 1.09. The van der Waals surface area contributed by atoms with E-state index in [4.69, 9.17) is 0 Å². The van der Waals surface area contributed by atoms with Crippen LogP contribution in [0.4, 0.5) is 0 Å². The van der Waals surface area contributed by atoms with Crippen molar-refractivity contribution in [3.63, 3.8) is 0 Å². The summed E-state index contributed by atoms with van der Waals surface area (Å²) in [6.07, 6.45) is 7.21. The third-order valence-electron chi connectivity index (χ3n) is 2.92. The smallest absolute Gasteiger partial charge is 0.0433 e. The zero-order valence-electron chi connectivity index (χ0n) is 7.91. The minimum atomic E-state index is 0.822. The van der Waals surface area contributed by atoms with Gasteiger partial charge < -0.3 is 4.90 Å². The van der Waals surface area contributed by atoms with Crippen LogP contribution < -0.4 is 0 Å². The molecule has 72 valence electrons. The summed E-state index contributed by atoms with van der Waals surface area (Å²) in [6, 6.07) is 7.36. The molecule has 1 nitrogen and oxygen atoms in total. The number of halogens is 1. The molecule has 0 aromatic heterocycles. The molecule has 1 aromatic carbocycles. The Balaban J connectivity index is 1.93. The Morgan fingerprint density at radius 1 is 1.29 bits per heavy atom. The van der Waals surface area contributed by atoms with Crippen LogP contribution in [0.15, 0.2) is 28.9 Å². The lowest BCUT2D eigenvalue weighted by Crippen LogP contribution is -2.21. The first kappa shape index (κ1) is 8.54. The minimum Gasteiger partial charge on any atom is -0.370 e. The van der Waals surface area contributed by atoms with Crippen molar-refractivity contribution in [2.75, 3.05) is 0 Å². The van der Waals surface area contributed by atoms with E-state index < -0.39 is 0 Å². The van der Waals surface area contributed by atoms with Crippen molar-refractivity contribution in [3.05, 3.63) is 40.0 Å². The van der Waals surface area contributed by atoms with Crippen LogP contribution >= 0.6 is 15.9 Å². The zero-order chi connectivity index (χ0) is 9.54. The second-order valence-corrected chi connectivity index (χ2v) is 4.98. The normalized spacial score (nSPS) is 19.6. The molecule has 14 heavy (non-hydrogen) atoms. The standard InChI is InChI=1S/C12H12BrN/c13-11-2-1-10-8-14(12-3-4-12)6-5-9(10)7-11/h1-2,5-7,12H,3-4,8H2. The van der Waals surface area contributed by atoms with Gasteiger partial charge in [-0.25, -0.2) is 0 Å². The van der Waals surface area contributed by atoms with Crippen LogP contribution in [-0.4, -0.2) is 10.9 Å². The highest BCUT2D eigenvalue weighted by Gasteiger charge is 2.28. The molecule has 0 N–H and O–H groups in total. The molecule has 0 unspecified atom stereocenters.